The van der Waals surface area contributed by atoms with Crippen LogP contribution in [0.2, 0.25) is 0 Å². The molecule has 0 radical (unpaired) electrons. The lowest BCUT2D eigenvalue weighted by Crippen LogP contribution is -2.00. The molecule has 0 aliphatic carbocycles. The molecule has 0 fully saturated rings. The predicted octanol–water partition coefficient (Wildman–Crippen LogP) is 13.0. The van der Waals surface area contributed by atoms with Crippen LogP contribution in [0.4, 0.5) is 0 Å². The SMILES string of the molecule is c1ccc(-c2nc(-c3ccccc3)nc(-c3ccc(-c4cccc(-c5cccc(-c6ccc7c(c6)c6cccc8c9ccccc9n7c86)c5)c4)cc3)n2)cc1. The van der Waals surface area contributed by atoms with Gasteiger partial charge in [0.1, 0.15) is 0 Å². The monoisotopic (exact) mass is 700 g/mol. The zero-order valence-electron chi connectivity index (χ0n) is 29.8. The second-order valence-corrected chi connectivity index (χ2v) is 14.1. The summed E-state index contributed by atoms with van der Waals surface area (Å²) >= 11 is 0. The van der Waals surface area contributed by atoms with Gasteiger partial charge in [0.05, 0.1) is 16.6 Å². The highest BCUT2D eigenvalue weighted by Gasteiger charge is 2.18. The van der Waals surface area contributed by atoms with Crippen molar-refractivity contribution in [2.45, 2.75) is 0 Å². The van der Waals surface area contributed by atoms with Crippen LogP contribution >= 0.6 is 0 Å². The molecule has 0 spiro atoms. The van der Waals surface area contributed by atoms with Crippen molar-refractivity contribution in [2.75, 3.05) is 0 Å². The van der Waals surface area contributed by atoms with Crippen molar-refractivity contribution in [1.29, 1.82) is 0 Å². The highest BCUT2D eigenvalue weighted by molar-refractivity contribution is 6.23. The van der Waals surface area contributed by atoms with Crippen LogP contribution in [0.15, 0.2) is 194 Å². The molecule has 0 bridgehead atoms. The molecule has 3 heterocycles. The van der Waals surface area contributed by atoms with Crippen molar-refractivity contribution >= 4 is 38.1 Å². The van der Waals surface area contributed by atoms with Crippen LogP contribution in [0.5, 0.6) is 0 Å². The highest BCUT2D eigenvalue weighted by atomic mass is 15.0. The fraction of sp³-hybridized carbons (Fsp3) is 0. The highest BCUT2D eigenvalue weighted by Crippen LogP contribution is 2.40. The Morgan fingerprint density at radius 3 is 1.24 bits per heavy atom. The lowest BCUT2D eigenvalue weighted by Gasteiger charge is -2.10. The van der Waals surface area contributed by atoms with Gasteiger partial charge in [-0.2, -0.15) is 0 Å². The minimum Gasteiger partial charge on any atom is -0.308 e. The number of rotatable bonds is 6. The van der Waals surface area contributed by atoms with Gasteiger partial charge in [-0.05, 0) is 63.7 Å². The summed E-state index contributed by atoms with van der Waals surface area (Å²) in [6.07, 6.45) is 0. The van der Waals surface area contributed by atoms with Crippen LogP contribution in [-0.4, -0.2) is 19.4 Å². The fourth-order valence-electron chi connectivity index (χ4n) is 8.12. The van der Waals surface area contributed by atoms with E-state index in [0.29, 0.717) is 17.5 Å². The molecule has 3 aromatic heterocycles. The van der Waals surface area contributed by atoms with E-state index in [9.17, 15) is 0 Å². The lowest BCUT2D eigenvalue weighted by molar-refractivity contribution is 1.07. The number of aromatic nitrogens is 4. The van der Waals surface area contributed by atoms with E-state index in [0.717, 1.165) is 27.8 Å². The topological polar surface area (TPSA) is 43.1 Å². The third-order valence-corrected chi connectivity index (χ3v) is 10.8. The van der Waals surface area contributed by atoms with Gasteiger partial charge < -0.3 is 4.40 Å². The predicted molar refractivity (Wildman–Crippen MR) is 227 cm³/mol. The first-order valence-corrected chi connectivity index (χ1v) is 18.6. The quantitative estimate of drug-likeness (QED) is 0.173. The van der Waals surface area contributed by atoms with Gasteiger partial charge >= 0.3 is 0 Å². The van der Waals surface area contributed by atoms with Crippen molar-refractivity contribution in [3.05, 3.63) is 194 Å². The van der Waals surface area contributed by atoms with E-state index in [1.807, 2.05) is 60.7 Å². The first-order valence-electron chi connectivity index (χ1n) is 18.6. The second kappa shape index (κ2) is 12.6. The van der Waals surface area contributed by atoms with Crippen LogP contribution in [-0.2, 0) is 0 Å². The van der Waals surface area contributed by atoms with Crippen molar-refractivity contribution in [2.24, 2.45) is 0 Å². The Hall–Kier alpha value is -7.43. The largest absolute Gasteiger partial charge is 0.308 e. The van der Waals surface area contributed by atoms with Gasteiger partial charge in [-0.3, -0.25) is 0 Å². The first kappa shape index (κ1) is 31.1. The Kier molecular flexibility index (Phi) is 7.14. The zero-order valence-corrected chi connectivity index (χ0v) is 29.8. The summed E-state index contributed by atoms with van der Waals surface area (Å²) in [4.78, 5) is 14.7. The van der Waals surface area contributed by atoms with E-state index in [2.05, 4.69) is 138 Å². The first-order chi connectivity index (χ1) is 27.2. The molecule has 0 aliphatic heterocycles. The summed E-state index contributed by atoms with van der Waals surface area (Å²) in [7, 11) is 0. The van der Waals surface area contributed by atoms with Gasteiger partial charge in [0.2, 0.25) is 0 Å². The van der Waals surface area contributed by atoms with Crippen LogP contribution in [0.1, 0.15) is 0 Å². The van der Waals surface area contributed by atoms with Gasteiger partial charge in [-0.1, -0.05) is 164 Å². The zero-order chi connectivity index (χ0) is 36.3. The van der Waals surface area contributed by atoms with Gasteiger partial charge in [0, 0.05) is 38.2 Å². The van der Waals surface area contributed by atoms with Gasteiger partial charge in [-0.25, -0.2) is 15.0 Å². The summed E-state index contributed by atoms with van der Waals surface area (Å²) in [6, 6.07) is 68.7. The minimum absolute atomic E-state index is 0.648. The maximum absolute atomic E-state index is 4.91. The standard InChI is InChI=1S/C51H32N4/c1-3-12-34(13-4-1)49-52-50(35-14-5-2-6-15-35)54-51(53-49)36-26-24-33(25-27-36)37-16-9-17-38(30-37)39-18-10-19-40(31-39)41-28-29-47-45(32-41)44-22-11-21-43-42-20-7-8-23-46(42)55(47)48(43)44/h1-32H. The third kappa shape index (κ3) is 5.26. The molecule has 0 N–H and O–H groups in total. The summed E-state index contributed by atoms with van der Waals surface area (Å²) in [5.74, 6) is 1.96. The molecule has 11 aromatic rings. The summed E-state index contributed by atoms with van der Waals surface area (Å²) in [5, 5.41) is 5.19. The average Bonchev–Trinajstić information content (AvgIpc) is 3.79. The molecule has 4 nitrogen and oxygen atoms in total. The van der Waals surface area contributed by atoms with E-state index in [1.165, 1.54) is 60.3 Å². The van der Waals surface area contributed by atoms with Crippen LogP contribution in [0, 0.1) is 0 Å². The van der Waals surface area contributed by atoms with E-state index >= 15 is 0 Å². The minimum atomic E-state index is 0.648. The van der Waals surface area contributed by atoms with Crippen molar-refractivity contribution in [1.82, 2.24) is 19.4 Å². The molecule has 0 atom stereocenters. The summed E-state index contributed by atoms with van der Waals surface area (Å²) in [5.41, 5.74) is 13.7. The number of benzene rings is 8. The molecule has 0 unspecified atom stereocenters. The number of hydrogen-bond acceptors (Lipinski definition) is 3. The molecule has 8 aromatic carbocycles. The molecule has 0 saturated heterocycles. The molecule has 0 aliphatic rings. The number of nitrogens with zero attached hydrogens (tertiary/aromatic N) is 4. The van der Waals surface area contributed by atoms with Crippen LogP contribution < -0.4 is 0 Å². The Bertz CT molecular complexity index is 3130. The normalized spacial score (nSPS) is 11.6. The molecule has 256 valence electrons. The van der Waals surface area contributed by atoms with Crippen LogP contribution in [0.25, 0.3) is 106 Å². The molecular formula is C51H32N4. The molecule has 0 saturated carbocycles. The van der Waals surface area contributed by atoms with E-state index < -0.39 is 0 Å². The number of hydrogen-bond donors (Lipinski definition) is 0. The smallest absolute Gasteiger partial charge is 0.164 e. The Morgan fingerprint density at radius 2 is 0.636 bits per heavy atom. The molecule has 0 amide bonds. The number of para-hydroxylation sites is 2. The molecular weight excluding hydrogens is 669 g/mol. The average molecular weight is 701 g/mol. The third-order valence-electron chi connectivity index (χ3n) is 10.8. The lowest BCUT2D eigenvalue weighted by atomic mass is 9.95. The van der Waals surface area contributed by atoms with Gasteiger partial charge in [0.25, 0.3) is 0 Å². The Labute approximate surface area is 318 Å². The van der Waals surface area contributed by atoms with E-state index in [-0.39, 0.29) is 0 Å². The second-order valence-electron chi connectivity index (χ2n) is 14.1. The van der Waals surface area contributed by atoms with Crippen molar-refractivity contribution < 1.29 is 0 Å². The molecule has 4 heteroatoms. The fourth-order valence-corrected chi connectivity index (χ4v) is 8.12. The van der Waals surface area contributed by atoms with Crippen molar-refractivity contribution in [3.63, 3.8) is 0 Å². The maximum Gasteiger partial charge on any atom is 0.164 e. The van der Waals surface area contributed by atoms with E-state index in [4.69, 9.17) is 15.0 Å². The summed E-state index contributed by atoms with van der Waals surface area (Å²) < 4.78 is 2.43. The van der Waals surface area contributed by atoms with Gasteiger partial charge in [-0.15, -0.1) is 0 Å². The summed E-state index contributed by atoms with van der Waals surface area (Å²) in [6.45, 7) is 0. The van der Waals surface area contributed by atoms with Gasteiger partial charge in [0.15, 0.2) is 17.5 Å². The molecule has 11 rings (SSSR count). The van der Waals surface area contributed by atoms with Crippen molar-refractivity contribution in [3.8, 4) is 67.5 Å². The Morgan fingerprint density at radius 1 is 0.255 bits per heavy atom. The molecule has 55 heavy (non-hydrogen) atoms. The number of fused-ring (bicyclic) bond motifs is 6. The maximum atomic E-state index is 4.91. The van der Waals surface area contributed by atoms with Crippen LogP contribution in [0.3, 0.4) is 0 Å². The Balaban J connectivity index is 0.924. The van der Waals surface area contributed by atoms with E-state index in [1.54, 1.807) is 0 Å².